The van der Waals surface area contributed by atoms with Gasteiger partial charge in [0.2, 0.25) is 5.91 Å². The Morgan fingerprint density at radius 2 is 2.11 bits per heavy atom. The third-order valence-corrected chi connectivity index (χ3v) is 2.96. The largest absolute Gasteiger partial charge is 0.504 e. The molecule has 1 heterocycles. The van der Waals surface area contributed by atoms with Crippen LogP contribution >= 0.6 is 0 Å². The number of morpholine rings is 1. The maximum absolute atomic E-state index is 12.3. The minimum Gasteiger partial charge on any atom is -0.504 e. The molecular formula is C12H14N2O5. The molecule has 19 heavy (non-hydrogen) atoms. The number of primary amides is 1. The first-order valence-electron chi connectivity index (χ1n) is 5.71. The summed E-state index contributed by atoms with van der Waals surface area (Å²) in [6.07, 6.45) is 0. The summed E-state index contributed by atoms with van der Waals surface area (Å²) in [4.78, 5) is 24.8. The summed E-state index contributed by atoms with van der Waals surface area (Å²) in [5, 5.41) is 19.1. The number of carbonyl (C=O) groups excluding carboxylic acids is 2. The van der Waals surface area contributed by atoms with Gasteiger partial charge in [0.1, 0.15) is 6.04 Å². The Labute approximate surface area is 109 Å². The van der Waals surface area contributed by atoms with Crippen molar-refractivity contribution in [1.82, 2.24) is 4.90 Å². The molecule has 1 fully saturated rings. The van der Waals surface area contributed by atoms with Gasteiger partial charge in [-0.1, -0.05) is 6.07 Å². The lowest BCUT2D eigenvalue weighted by Crippen LogP contribution is -2.54. The molecule has 0 spiro atoms. The molecule has 1 saturated heterocycles. The van der Waals surface area contributed by atoms with Gasteiger partial charge in [0, 0.05) is 6.54 Å². The van der Waals surface area contributed by atoms with Gasteiger partial charge < -0.3 is 25.6 Å². The van der Waals surface area contributed by atoms with E-state index in [0.29, 0.717) is 0 Å². The molecule has 1 aromatic rings. The highest BCUT2D eigenvalue weighted by atomic mass is 16.5. The molecule has 0 aromatic heterocycles. The second-order valence-electron chi connectivity index (χ2n) is 4.16. The molecule has 0 radical (unpaired) electrons. The highest BCUT2D eigenvalue weighted by Crippen LogP contribution is 2.29. The third-order valence-electron chi connectivity index (χ3n) is 2.96. The molecule has 2 rings (SSSR count). The molecule has 1 atom stereocenters. The molecule has 1 aliphatic heterocycles. The Morgan fingerprint density at radius 1 is 1.37 bits per heavy atom. The van der Waals surface area contributed by atoms with Crippen LogP contribution in [0.4, 0.5) is 0 Å². The SMILES string of the molecule is NC(=O)C1COCCN1C(=O)c1cccc(O)c1O. The summed E-state index contributed by atoms with van der Waals surface area (Å²) in [6, 6.07) is 3.19. The van der Waals surface area contributed by atoms with E-state index >= 15 is 0 Å². The minimum atomic E-state index is -0.872. The Bertz CT molecular complexity index is 517. The highest BCUT2D eigenvalue weighted by molar-refractivity contribution is 6.00. The number of carbonyl (C=O) groups is 2. The Morgan fingerprint density at radius 3 is 2.79 bits per heavy atom. The zero-order valence-corrected chi connectivity index (χ0v) is 10.1. The third kappa shape index (κ3) is 2.45. The summed E-state index contributed by atoms with van der Waals surface area (Å²) in [5.41, 5.74) is 5.14. The number of nitrogens with two attached hydrogens (primary N) is 1. The van der Waals surface area contributed by atoms with Gasteiger partial charge >= 0.3 is 0 Å². The monoisotopic (exact) mass is 266 g/mol. The molecule has 1 aromatic carbocycles. The number of ether oxygens (including phenoxy) is 1. The Hall–Kier alpha value is -2.28. The van der Waals surface area contributed by atoms with E-state index < -0.39 is 29.4 Å². The standard InChI is InChI=1S/C12H14N2O5/c13-11(17)8-6-19-5-4-14(8)12(18)7-2-1-3-9(15)10(7)16/h1-3,8,15-16H,4-6H2,(H2,13,17). The number of benzene rings is 1. The van der Waals surface area contributed by atoms with Crippen LogP contribution in [0.3, 0.4) is 0 Å². The number of hydrogen-bond donors (Lipinski definition) is 3. The normalized spacial score (nSPS) is 19.2. The van der Waals surface area contributed by atoms with Crippen LogP contribution in [0.1, 0.15) is 10.4 Å². The van der Waals surface area contributed by atoms with Crippen LogP contribution in [-0.2, 0) is 9.53 Å². The number of rotatable bonds is 2. The second kappa shape index (κ2) is 5.15. The second-order valence-corrected chi connectivity index (χ2v) is 4.16. The Kier molecular flexibility index (Phi) is 3.57. The average Bonchev–Trinajstić information content (AvgIpc) is 2.41. The van der Waals surface area contributed by atoms with Crippen molar-refractivity contribution in [2.45, 2.75) is 6.04 Å². The zero-order chi connectivity index (χ0) is 14.0. The van der Waals surface area contributed by atoms with E-state index in [2.05, 4.69) is 0 Å². The van der Waals surface area contributed by atoms with Gasteiger partial charge in [-0.05, 0) is 12.1 Å². The number of phenols is 2. The average molecular weight is 266 g/mol. The van der Waals surface area contributed by atoms with Gasteiger partial charge in [-0.15, -0.1) is 0 Å². The molecule has 7 heteroatoms. The van der Waals surface area contributed by atoms with Crippen molar-refractivity contribution in [2.24, 2.45) is 5.73 Å². The van der Waals surface area contributed by atoms with Crippen LogP contribution in [0, 0.1) is 0 Å². The van der Waals surface area contributed by atoms with Crippen molar-refractivity contribution in [3.8, 4) is 11.5 Å². The molecule has 0 saturated carbocycles. The molecule has 7 nitrogen and oxygen atoms in total. The zero-order valence-electron chi connectivity index (χ0n) is 10.1. The summed E-state index contributed by atoms with van der Waals surface area (Å²) in [7, 11) is 0. The first kappa shape index (κ1) is 13.2. The summed E-state index contributed by atoms with van der Waals surface area (Å²) in [5.74, 6) is -2.15. The fourth-order valence-electron chi connectivity index (χ4n) is 1.94. The molecule has 4 N–H and O–H groups in total. The first-order chi connectivity index (χ1) is 9.02. The molecule has 2 amide bonds. The fraction of sp³-hybridized carbons (Fsp3) is 0.333. The number of hydrogen-bond acceptors (Lipinski definition) is 5. The van der Waals surface area contributed by atoms with Gasteiger partial charge in [-0.3, -0.25) is 9.59 Å². The topological polar surface area (TPSA) is 113 Å². The number of para-hydroxylation sites is 1. The highest BCUT2D eigenvalue weighted by Gasteiger charge is 2.33. The van der Waals surface area contributed by atoms with E-state index in [1.165, 1.54) is 23.1 Å². The van der Waals surface area contributed by atoms with Crippen molar-refractivity contribution >= 4 is 11.8 Å². The van der Waals surface area contributed by atoms with Crippen molar-refractivity contribution in [1.29, 1.82) is 0 Å². The summed E-state index contributed by atoms with van der Waals surface area (Å²) >= 11 is 0. The van der Waals surface area contributed by atoms with Crippen molar-refractivity contribution in [3.05, 3.63) is 23.8 Å². The molecule has 1 aliphatic rings. The molecule has 102 valence electrons. The molecule has 0 aliphatic carbocycles. The fourth-order valence-corrected chi connectivity index (χ4v) is 1.94. The van der Waals surface area contributed by atoms with Crippen LogP contribution < -0.4 is 5.73 Å². The van der Waals surface area contributed by atoms with Crippen LogP contribution in [-0.4, -0.2) is 52.7 Å². The van der Waals surface area contributed by atoms with Crippen LogP contribution in [0.5, 0.6) is 11.5 Å². The van der Waals surface area contributed by atoms with E-state index in [4.69, 9.17) is 10.5 Å². The number of amides is 2. The summed E-state index contributed by atoms with van der Waals surface area (Å²) < 4.78 is 5.11. The van der Waals surface area contributed by atoms with E-state index in [0.717, 1.165) is 0 Å². The van der Waals surface area contributed by atoms with Crippen molar-refractivity contribution < 1.29 is 24.5 Å². The van der Waals surface area contributed by atoms with Gasteiger partial charge in [0.05, 0.1) is 18.8 Å². The predicted octanol–water partition coefficient (Wildman–Crippen LogP) is -0.576. The van der Waals surface area contributed by atoms with Crippen molar-refractivity contribution in [2.75, 3.05) is 19.8 Å². The van der Waals surface area contributed by atoms with E-state index in [1.54, 1.807) is 0 Å². The number of aromatic hydroxyl groups is 2. The van der Waals surface area contributed by atoms with E-state index in [-0.39, 0.29) is 25.3 Å². The van der Waals surface area contributed by atoms with E-state index in [1.807, 2.05) is 0 Å². The van der Waals surface area contributed by atoms with Gasteiger partial charge in [0.15, 0.2) is 11.5 Å². The maximum Gasteiger partial charge on any atom is 0.258 e. The van der Waals surface area contributed by atoms with Crippen LogP contribution in [0.25, 0.3) is 0 Å². The number of phenolic OH excluding ortho intramolecular Hbond substituents is 2. The van der Waals surface area contributed by atoms with Gasteiger partial charge in [-0.2, -0.15) is 0 Å². The van der Waals surface area contributed by atoms with E-state index in [9.17, 15) is 19.8 Å². The minimum absolute atomic E-state index is 0.0284. The van der Waals surface area contributed by atoms with Crippen LogP contribution in [0.15, 0.2) is 18.2 Å². The molecule has 0 bridgehead atoms. The van der Waals surface area contributed by atoms with Gasteiger partial charge in [-0.25, -0.2) is 0 Å². The quantitative estimate of drug-likeness (QED) is 0.620. The lowest BCUT2D eigenvalue weighted by Gasteiger charge is -2.33. The smallest absolute Gasteiger partial charge is 0.258 e. The summed E-state index contributed by atoms with van der Waals surface area (Å²) in [6.45, 7) is 0.511. The predicted molar refractivity (Wildman–Crippen MR) is 64.6 cm³/mol. The lowest BCUT2D eigenvalue weighted by atomic mass is 10.1. The van der Waals surface area contributed by atoms with Crippen molar-refractivity contribution in [3.63, 3.8) is 0 Å². The lowest BCUT2D eigenvalue weighted by molar-refractivity contribution is -0.127. The molecule has 1 unspecified atom stereocenters. The maximum atomic E-state index is 12.3. The molecular weight excluding hydrogens is 252 g/mol. The number of nitrogens with zero attached hydrogens (tertiary/aromatic N) is 1. The van der Waals surface area contributed by atoms with Crippen LogP contribution in [0.2, 0.25) is 0 Å². The van der Waals surface area contributed by atoms with Gasteiger partial charge in [0.25, 0.3) is 5.91 Å². The Balaban J connectivity index is 2.31. The first-order valence-corrected chi connectivity index (χ1v) is 5.71.